The first-order valence-electron chi connectivity index (χ1n) is 4.68. The van der Waals surface area contributed by atoms with Gasteiger partial charge in [0.05, 0.1) is 0 Å². The van der Waals surface area contributed by atoms with Crippen LogP contribution >= 0.6 is 27.5 Å². The van der Waals surface area contributed by atoms with Crippen molar-refractivity contribution in [3.63, 3.8) is 0 Å². The lowest BCUT2D eigenvalue weighted by molar-refractivity contribution is -0.127. The van der Waals surface area contributed by atoms with Crippen LogP contribution in [0.15, 0.2) is 28.7 Å². The van der Waals surface area contributed by atoms with Gasteiger partial charge in [-0.3, -0.25) is 4.79 Å². The van der Waals surface area contributed by atoms with E-state index in [0.29, 0.717) is 6.54 Å². The van der Waals surface area contributed by atoms with Gasteiger partial charge in [0, 0.05) is 18.1 Å². The van der Waals surface area contributed by atoms with E-state index in [1.165, 1.54) is 5.56 Å². The lowest BCUT2D eigenvalue weighted by Crippen LogP contribution is -2.29. The Morgan fingerprint density at radius 2 is 2.00 bits per heavy atom. The van der Waals surface area contributed by atoms with Gasteiger partial charge in [-0.05, 0) is 24.1 Å². The van der Waals surface area contributed by atoms with E-state index in [9.17, 15) is 4.79 Å². The Morgan fingerprint density at radius 3 is 2.53 bits per heavy atom. The van der Waals surface area contributed by atoms with E-state index in [4.69, 9.17) is 11.6 Å². The molecule has 0 aliphatic carbocycles. The van der Waals surface area contributed by atoms with E-state index in [1.807, 2.05) is 24.3 Å². The largest absolute Gasteiger partial charge is 0.344 e. The molecule has 0 bridgehead atoms. The molecular formula is C11H13BrClNO. The van der Waals surface area contributed by atoms with E-state index >= 15 is 0 Å². The molecule has 0 aromatic heterocycles. The molecule has 15 heavy (non-hydrogen) atoms. The summed E-state index contributed by atoms with van der Waals surface area (Å²) in [6.45, 7) is 0.702. The molecule has 0 radical (unpaired) electrons. The number of carbonyl (C=O) groups is 1. The highest BCUT2D eigenvalue weighted by Gasteiger charge is 2.06. The number of benzene rings is 1. The highest BCUT2D eigenvalue weighted by atomic mass is 79.9. The lowest BCUT2D eigenvalue weighted by Gasteiger charge is -2.15. The number of likely N-dealkylation sites (N-methyl/N-ethyl adjacent to an activating group) is 1. The Labute approximate surface area is 103 Å². The average Bonchev–Trinajstić information content (AvgIpc) is 2.26. The van der Waals surface area contributed by atoms with Gasteiger partial charge in [-0.25, -0.2) is 0 Å². The number of hydrogen-bond donors (Lipinski definition) is 0. The van der Waals surface area contributed by atoms with E-state index in [2.05, 4.69) is 15.9 Å². The maximum absolute atomic E-state index is 11.2. The van der Waals surface area contributed by atoms with Crippen LogP contribution in [0, 0.1) is 0 Å². The van der Waals surface area contributed by atoms with E-state index in [0.717, 1.165) is 10.9 Å². The van der Waals surface area contributed by atoms with Crippen LogP contribution < -0.4 is 0 Å². The SMILES string of the molecule is CN(CCc1ccc(Br)cc1)C(=O)CCl. The van der Waals surface area contributed by atoms with Crippen LogP contribution in [0.1, 0.15) is 5.56 Å². The van der Waals surface area contributed by atoms with Crippen LogP contribution in [0.4, 0.5) is 0 Å². The third kappa shape index (κ3) is 4.22. The van der Waals surface area contributed by atoms with Crippen molar-refractivity contribution < 1.29 is 4.79 Å². The number of nitrogens with zero attached hydrogens (tertiary/aromatic N) is 1. The Morgan fingerprint density at radius 1 is 1.40 bits per heavy atom. The van der Waals surface area contributed by atoms with Gasteiger partial charge in [0.1, 0.15) is 5.88 Å². The first-order valence-corrected chi connectivity index (χ1v) is 6.00. The normalized spacial score (nSPS) is 10.1. The van der Waals surface area contributed by atoms with Crippen molar-refractivity contribution in [1.82, 2.24) is 4.90 Å². The molecule has 0 spiro atoms. The molecule has 1 aromatic rings. The van der Waals surface area contributed by atoms with Crippen molar-refractivity contribution in [1.29, 1.82) is 0 Å². The monoisotopic (exact) mass is 289 g/mol. The molecule has 0 atom stereocenters. The summed E-state index contributed by atoms with van der Waals surface area (Å²) in [6, 6.07) is 8.09. The molecule has 0 saturated heterocycles. The molecule has 1 amide bonds. The molecule has 0 unspecified atom stereocenters. The summed E-state index contributed by atoms with van der Waals surface area (Å²) in [5, 5.41) is 0. The van der Waals surface area contributed by atoms with Gasteiger partial charge in [-0.2, -0.15) is 0 Å². The summed E-state index contributed by atoms with van der Waals surface area (Å²) >= 11 is 8.83. The second-order valence-electron chi connectivity index (χ2n) is 3.33. The summed E-state index contributed by atoms with van der Waals surface area (Å²) in [5.41, 5.74) is 1.22. The molecule has 2 nitrogen and oxygen atoms in total. The fourth-order valence-corrected chi connectivity index (χ4v) is 1.64. The van der Waals surface area contributed by atoms with E-state index in [-0.39, 0.29) is 11.8 Å². The number of hydrogen-bond acceptors (Lipinski definition) is 1. The molecule has 1 rings (SSSR count). The van der Waals surface area contributed by atoms with Crippen molar-refractivity contribution in [2.45, 2.75) is 6.42 Å². The van der Waals surface area contributed by atoms with Gasteiger partial charge in [-0.15, -0.1) is 11.6 Å². The number of amides is 1. The number of rotatable bonds is 4. The molecular weight excluding hydrogens is 277 g/mol. The van der Waals surface area contributed by atoms with Crippen molar-refractivity contribution in [3.8, 4) is 0 Å². The fraction of sp³-hybridized carbons (Fsp3) is 0.364. The average molecular weight is 291 g/mol. The van der Waals surface area contributed by atoms with Crippen LogP contribution in [0.3, 0.4) is 0 Å². The van der Waals surface area contributed by atoms with Gasteiger partial charge in [0.15, 0.2) is 0 Å². The zero-order valence-electron chi connectivity index (χ0n) is 8.54. The minimum absolute atomic E-state index is 0.0335. The Balaban J connectivity index is 2.43. The second-order valence-corrected chi connectivity index (χ2v) is 4.51. The molecule has 0 heterocycles. The summed E-state index contributed by atoms with van der Waals surface area (Å²) in [5.74, 6) is 0.0189. The molecule has 4 heteroatoms. The third-order valence-corrected chi connectivity index (χ3v) is 2.95. The van der Waals surface area contributed by atoms with Crippen LogP contribution in [0.25, 0.3) is 0 Å². The van der Waals surface area contributed by atoms with Crippen LogP contribution in [0.2, 0.25) is 0 Å². The second kappa shape index (κ2) is 6.13. The molecule has 0 fully saturated rings. The molecule has 0 aliphatic heterocycles. The van der Waals surface area contributed by atoms with Crippen molar-refractivity contribution in [2.75, 3.05) is 19.5 Å². The minimum Gasteiger partial charge on any atom is -0.344 e. The standard InChI is InChI=1S/C11H13BrClNO/c1-14(11(15)8-13)7-6-9-2-4-10(12)5-3-9/h2-5H,6-8H2,1H3. The number of carbonyl (C=O) groups excluding carboxylic acids is 1. The van der Waals surface area contributed by atoms with Gasteiger partial charge in [0.25, 0.3) is 0 Å². The smallest absolute Gasteiger partial charge is 0.237 e. The Hall–Kier alpha value is -0.540. The summed E-state index contributed by atoms with van der Waals surface area (Å²) < 4.78 is 1.07. The quantitative estimate of drug-likeness (QED) is 0.781. The molecule has 0 saturated carbocycles. The Bertz CT molecular complexity index is 326. The van der Waals surface area contributed by atoms with Crippen molar-refractivity contribution >= 4 is 33.4 Å². The zero-order valence-corrected chi connectivity index (χ0v) is 10.9. The maximum atomic E-state index is 11.2. The lowest BCUT2D eigenvalue weighted by atomic mass is 10.1. The van der Waals surface area contributed by atoms with E-state index in [1.54, 1.807) is 11.9 Å². The van der Waals surface area contributed by atoms with E-state index < -0.39 is 0 Å². The third-order valence-electron chi connectivity index (χ3n) is 2.19. The van der Waals surface area contributed by atoms with Gasteiger partial charge >= 0.3 is 0 Å². The first-order chi connectivity index (χ1) is 7.13. The molecule has 82 valence electrons. The predicted octanol–water partition coefficient (Wildman–Crippen LogP) is 2.69. The zero-order chi connectivity index (χ0) is 11.3. The van der Waals surface area contributed by atoms with Crippen LogP contribution in [-0.2, 0) is 11.2 Å². The van der Waals surface area contributed by atoms with Crippen molar-refractivity contribution in [3.05, 3.63) is 34.3 Å². The first kappa shape index (κ1) is 12.5. The van der Waals surface area contributed by atoms with Gasteiger partial charge < -0.3 is 4.90 Å². The summed E-state index contributed by atoms with van der Waals surface area (Å²) in [4.78, 5) is 12.8. The fourth-order valence-electron chi connectivity index (χ4n) is 1.17. The highest BCUT2D eigenvalue weighted by Crippen LogP contribution is 2.11. The number of halogens is 2. The topological polar surface area (TPSA) is 20.3 Å². The molecule has 0 N–H and O–H groups in total. The summed E-state index contributed by atoms with van der Waals surface area (Å²) in [7, 11) is 1.77. The number of alkyl halides is 1. The highest BCUT2D eigenvalue weighted by molar-refractivity contribution is 9.10. The van der Waals surface area contributed by atoms with Crippen molar-refractivity contribution in [2.24, 2.45) is 0 Å². The van der Waals surface area contributed by atoms with Crippen LogP contribution in [-0.4, -0.2) is 30.3 Å². The van der Waals surface area contributed by atoms with Gasteiger partial charge in [-0.1, -0.05) is 28.1 Å². The molecule has 1 aromatic carbocycles. The van der Waals surface area contributed by atoms with Gasteiger partial charge in [0.2, 0.25) is 5.91 Å². The van der Waals surface area contributed by atoms with Crippen LogP contribution in [0.5, 0.6) is 0 Å². The maximum Gasteiger partial charge on any atom is 0.237 e. The summed E-state index contributed by atoms with van der Waals surface area (Å²) in [6.07, 6.45) is 0.854. The predicted molar refractivity (Wildman–Crippen MR) is 66.2 cm³/mol. The molecule has 0 aliphatic rings. The Kier molecular flexibility index (Phi) is 5.12. The minimum atomic E-state index is -0.0335.